The Morgan fingerprint density at radius 3 is 2.38 bits per heavy atom. The number of ether oxygens (including phenoxy) is 1. The smallest absolute Gasteiger partial charge is 0.341 e. The summed E-state index contributed by atoms with van der Waals surface area (Å²) in [5.41, 5.74) is -0.207. The Labute approximate surface area is 124 Å². The third-order valence-corrected chi connectivity index (χ3v) is 3.05. The predicted octanol–water partition coefficient (Wildman–Crippen LogP) is 5.00. The van der Waals surface area contributed by atoms with E-state index >= 15 is 0 Å². The molecule has 0 bridgehead atoms. The van der Waals surface area contributed by atoms with Gasteiger partial charge in [-0.2, -0.15) is 18.3 Å². The van der Waals surface area contributed by atoms with Crippen LogP contribution in [0.1, 0.15) is 23.0 Å². The van der Waals surface area contributed by atoms with E-state index in [1.54, 1.807) is 24.3 Å². The molecule has 1 unspecified atom stereocenters. The van der Waals surface area contributed by atoms with Gasteiger partial charge in [0.25, 0.3) is 0 Å². The van der Waals surface area contributed by atoms with Crippen molar-refractivity contribution < 1.29 is 23.0 Å². The van der Waals surface area contributed by atoms with E-state index in [2.05, 4.69) is 0 Å². The van der Waals surface area contributed by atoms with Crippen LogP contribution in [0, 0.1) is 0 Å². The van der Waals surface area contributed by atoms with Gasteiger partial charge in [-0.3, -0.25) is 0 Å². The minimum Gasteiger partial charge on any atom is -0.341 e. The molecule has 2 aromatic carbocycles. The Kier molecular flexibility index (Phi) is 4.88. The third kappa shape index (κ3) is 4.46. The van der Waals surface area contributed by atoms with E-state index in [4.69, 9.17) is 16.3 Å². The summed E-state index contributed by atoms with van der Waals surface area (Å²) in [7, 11) is 0. The number of hydrogen-bond acceptors (Lipinski definition) is 1. The number of rotatable bonds is 4. The van der Waals surface area contributed by atoms with Gasteiger partial charge in [0, 0.05) is 10.6 Å². The van der Waals surface area contributed by atoms with Gasteiger partial charge in [0.15, 0.2) is 0 Å². The summed E-state index contributed by atoms with van der Waals surface area (Å²) in [5.74, 6) is 0. The highest BCUT2D eigenvalue weighted by Gasteiger charge is 2.31. The molecule has 0 amide bonds. The summed E-state index contributed by atoms with van der Waals surface area (Å²) in [6, 6.07) is 10.9. The SMILES string of the molecule is [O]C(OCc1ccc(Cl)cc1)c1cccc(C(F)(F)F)c1. The molecule has 0 saturated heterocycles. The van der Waals surface area contributed by atoms with Crippen LogP contribution in [0.3, 0.4) is 0 Å². The van der Waals surface area contributed by atoms with E-state index in [9.17, 15) is 18.3 Å². The molecule has 2 aromatic rings. The van der Waals surface area contributed by atoms with Crippen LogP contribution in [-0.4, -0.2) is 0 Å². The second-order valence-electron chi connectivity index (χ2n) is 4.39. The Hall–Kier alpha value is -1.56. The van der Waals surface area contributed by atoms with E-state index in [0.29, 0.717) is 10.6 Å². The van der Waals surface area contributed by atoms with Crippen molar-refractivity contribution in [1.29, 1.82) is 0 Å². The molecule has 0 aliphatic heterocycles. The average Bonchev–Trinajstić information content (AvgIpc) is 2.45. The zero-order valence-electron chi connectivity index (χ0n) is 10.7. The van der Waals surface area contributed by atoms with Crippen molar-refractivity contribution in [3.8, 4) is 0 Å². The van der Waals surface area contributed by atoms with Crippen molar-refractivity contribution in [3.05, 3.63) is 70.2 Å². The highest BCUT2D eigenvalue weighted by atomic mass is 35.5. The van der Waals surface area contributed by atoms with Crippen molar-refractivity contribution in [2.75, 3.05) is 0 Å². The first-order valence-corrected chi connectivity index (χ1v) is 6.43. The van der Waals surface area contributed by atoms with Crippen LogP contribution in [-0.2, 0) is 22.6 Å². The maximum Gasteiger partial charge on any atom is 0.416 e. The summed E-state index contributed by atoms with van der Waals surface area (Å²) in [5, 5.41) is 12.4. The molecule has 2 nitrogen and oxygen atoms in total. The Morgan fingerprint density at radius 1 is 1.10 bits per heavy atom. The molecule has 2 rings (SSSR count). The number of halogens is 4. The van der Waals surface area contributed by atoms with Crippen molar-refractivity contribution in [2.45, 2.75) is 19.1 Å². The lowest BCUT2D eigenvalue weighted by Crippen LogP contribution is -2.08. The average molecular weight is 316 g/mol. The zero-order chi connectivity index (χ0) is 15.5. The first-order chi connectivity index (χ1) is 9.86. The minimum atomic E-state index is -4.48. The first-order valence-electron chi connectivity index (χ1n) is 6.05. The fourth-order valence-corrected chi connectivity index (χ4v) is 1.84. The second-order valence-corrected chi connectivity index (χ2v) is 4.83. The maximum atomic E-state index is 12.6. The number of hydrogen-bond donors (Lipinski definition) is 0. The van der Waals surface area contributed by atoms with Crippen LogP contribution in [0.5, 0.6) is 0 Å². The molecule has 6 heteroatoms. The standard InChI is InChI=1S/C15H11ClF3O2/c16-13-6-4-10(5-7-13)9-21-14(20)11-2-1-3-12(8-11)15(17,18)19/h1-8,14H,9H2. The highest BCUT2D eigenvalue weighted by Crippen LogP contribution is 2.31. The minimum absolute atomic E-state index is 0.00157. The van der Waals surface area contributed by atoms with Crippen molar-refractivity contribution in [1.82, 2.24) is 0 Å². The van der Waals surface area contributed by atoms with Gasteiger partial charge in [-0.15, -0.1) is 0 Å². The van der Waals surface area contributed by atoms with Crippen molar-refractivity contribution in [2.24, 2.45) is 0 Å². The Morgan fingerprint density at radius 2 is 1.76 bits per heavy atom. The summed E-state index contributed by atoms with van der Waals surface area (Å²) in [6.45, 7) is 0.00157. The van der Waals surface area contributed by atoms with Crippen LogP contribution in [0.25, 0.3) is 0 Å². The molecule has 21 heavy (non-hydrogen) atoms. The van der Waals surface area contributed by atoms with Gasteiger partial charge in [0.05, 0.1) is 12.2 Å². The predicted molar refractivity (Wildman–Crippen MR) is 71.1 cm³/mol. The van der Waals surface area contributed by atoms with E-state index in [0.717, 1.165) is 12.1 Å². The number of benzene rings is 2. The lowest BCUT2D eigenvalue weighted by atomic mass is 10.1. The van der Waals surface area contributed by atoms with Gasteiger partial charge in [-0.1, -0.05) is 35.9 Å². The van der Waals surface area contributed by atoms with Crippen LogP contribution in [0.4, 0.5) is 13.2 Å². The van der Waals surface area contributed by atoms with Gasteiger partial charge in [0.1, 0.15) is 0 Å². The van der Waals surface area contributed by atoms with Gasteiger partial charge in [0.2, 0.25) is 6.29 Å². The Bertz CT molecular complexity index is 597. The molecule has 0 spiro atoms. The van der Waals surface area contributed by atoms with E-state index in [1.807, 2.05) is 0 Å². The third-order valence-electron chi connectivity index (χ3n) is 2.80. The van der Waals surface area contributed by atoms with Gasteiger partial charge in [-0.05, 0) is 29.8 Å². The molecule has 0 fully saturated rings. The largest absolute Gasteiger partial charge is 0.416 e. The molecular formula is C15H11ClF3O2. The highest BCUT2D eigenvalue weighted by molar-refractivity contribution is 6.30. The quantitative estimate of drug-likeness (QED) is 0.730. The summed E-state index contributed by atoms with van der Waals surface area (Å²) in [6.07, 6.45) is -6.16. The fraction of sp³-hybridized carbons (Fsp3) is 0.200. The summed E-state index contributed by atoms with van der Waals surface area (Å²) >= 11 is 5.72. The normalized spacial score (nSPS) is 13.2. The van der Waals surface area contributed by atoms with Crippen molar-refractivity contribution >= 4 is 11.6 Å². The zero-order valence-corrected chi connectivity index (χ0v) is 11.5. The molecular weight excluding hydrogens is 305 g/mol. The molecule has 0 saturated carbocycles. The van der Waals surface area contributed by atoms with Crippen LogP contribution in [0.2, 0.25) is 5.02 Å². The van der Waals surface area contributed by atoms with Crippen LogP contribution < -0.4 is 0 Å². The molecule has 111 valence electrons. The van der Waals surface area contributed by atoms with Crippen LogP contribution in [0.15, 0.2) is 48.5 Å². The Balaban J connectivity index is 2.03. The monoisotopic (exact) mass is 315 g/mol. The first kappa shape index (κ1) is 15.8. The lowest BCUT2D eigenvalue weighted by molar-refractivity contribution is -0.153. The van der Waals surface area contributed by atoms with E-state index in [1.165, 1.54) is 12.1 Å². The van der Waals surface area contributed by atoms with E-state index in [-0.39, 0.29) is 12.2 Å². The van der Waals surface area contributed by atoms with Gasteiger partial charge in [-0.25, -0.2) is 0 Å². The summed E-state index contributed by atoms with van der Waals surface area (Å²) in [4.78, 5) is 0. The second kappa shape index (κ2) is 6.47. The molecule has 1 radical (unpaired) electrons. The van der Waals surface area contributed by atoms with Crippen molar-refractivity contribution in [3.63, 3.8) is 0 Å². The number of alkyl halides is 3. The molecule has 1 atom stereocenters. The molecule has 0 aliphatic rings. The molecule has 0 N–H and O–H groups in total. The topological polar surface area (TPSA) is 29.1 Å². The maximum absolute atomic E-state index is 12.6. The molecule has 0 aliphatic carbocycles. The van der Waals surface area contributed by atoms with Gasteiger partial charge >= 0.3 is 6.18 Å². The molecule has 0 heterocycles. The molecule has 0 aromatic heterocycles. The lowest BCUT2D eigenvalue weighted by Gasteiger charge is -2.13. The van der Waals surface area contributed by atoms with E-state index < -0.39 is 18.0 Å². The van der Waals surface area contributed by atoms with Crippen LogP contribution >= 0.6 is 11.6 Å². The fourth-order valence-electron chi connectivity index (χ4n) is 1.71. The van der Waals surface area contributed by atoms with Gasteiger partial charge < -0.3 is 4.74 Å². The summed E-state index contributed by atoms with van der Waals surface area (Å²) < 4.78 is 42.7.